The van der Waals surface area contributed by atoms with E-state index in [-0.39, 0.29) is 11.0 Å². The van der Waals surface area contributed by atoms with E-state index in [2.05, 4.69) is 24.5 Å². The van der Waals surface area contributed by atoms with Gasteiger partial charge in [0.25, 0.3) is 5.91 Å². The zero-order valence-electron chi connectivity index (χ0n) is 16.5. The van der Waals surface area contributed by atoms with Gasteiger partial charge in [-0.05, 0) is 61.5 Å². The molecule has 0 unspecified atom stereocenters. The summed E-state index contributed by atoms with van der Waals surface area (Å²) in [5, 5.41) is 5.95. The number of carbonyl (C=O) groups excluding carboxylic acids is 1. The maximum absolute atomic E-state index is 12.4. The minimum absolute atomic E-state index is 0.222. The minimum atomic E-state index is -0.276. The highest BCUT2D eigenvalue weighted by Gasteiger charge is 2.10. The molecule has 5 nitrogen and oxygen atoms in total. The van der Waals surface area contributed by atoms with E-state index in [4.69, 9.17) is 21.7 Å². The number of thiocarbonyl (C=S) groups is 1. The number of carbonyl (C=O) groups is 1. The molecule has 1 amide bonds. The number of rotatable bonds is 10. The van der Waals surface area contributed by atoms with Crippen molar-refractivity contribution >= 4 is 28.9 Å². The summed E-state index contributed by atoms with van der Waals surface area (Å²) in [6.07, 6.45) is 4.13. The van der Waals surface area contributed by atoms with Crippen LogP contribution in [0.1, 0.15) is 49.9 Å². The van der Waals surface area contributed by atoms with Gasteiger partial charge in [0.05, 0.1) is 18.9 Å². The fourth-order valence-electron chi connectivity index (χ4n) is 2.39. The van der Waals surface area contributed by atoms with Crippen molar-refractivity contribution in [2.45, 2.75) is 39.5 Å². The van der Waals surface area contributed by atoms with Gasteiger partial charge >= 0.3 is 0 Å². The summed E-state index contributed by atoms with van der Waals surface area (Å²) in [5.41, 5.74) is 1.24. The molecule has 0 heterocycles. The first kappa shape index (κ1) is 21.7. The van der Waals surface area contributed by atoms with Gasteiger partial charge in [0.15, 0.2) is 5.11 Å². The minimum Gasteiger partial charge on any atom is -0.494 e. The van der Waals surface area contributed by atoms with Gasteiger partial charge in [-0.3, -0.25) is 10.1 Å². The van der Waals surface area contributed by atoms with Gasteiger partial charge in [0.2, 0.25) is 0 Å². The Morgan fingerprint density at radius 3 is 2.25 bits per heavy atom. The van der Waals surface area contributed by atoms with Gasteiger partial charge < -0.3 is 14.8 Å². The summed E-state index contributed by atoms with van der Waals surface area (Å²) in [6, 6.07) is 14.6. The lowest BCUT2D eigenvalue weighted by atomic mass is 10.2. The van der Waals surface area contributed by atoms with Crippen molar-refractivity contribution in [1.29, 1.82) is 0 Å². The molecule has 2 aromatic rings. The van der Waals surface area contributed by atoms with Crippen LogP contribution >= 0.6 is 12.2 Å². The summed E-state index contributed by atoms with van der Waals surface area (Å²) in [6.45, 7) is 5.54. The first-order chi connectivity index (χ1) is 13.6. The maximum Gasteiger partial charge on any atom is 0.257 e. The first-order valence-electron chi connectivity index (χ1n) is 9.71. The Balaban J connectivity index is 1.90. The number of benzene rings is 2. The second-order valence-electron chi connectivity index (χ2n) is 6.33. The van der Waals surface area contributed by atoms with Crippen molar-refractivity contribution in [3.63, 3.8) is 0 Å². The van der Waals surface area contributed by atoms with Crippen molar-refractivity contribution in [3.8, 4) is 11.5 Å². The van der Waals surface area contributed by atoms with Gasteiger partial charge in [-0.1, -0.05) is 38.8 Å². The quantitative estimate of drug-likeness (QED) is 0.425. The molecule has 0 spiro atoms. The smallest absolute Gasteiger partial charge is 0.257 e. The van der Waals surface area contributed by atoms with Crippen molar-refractivity contribution in [1.82, 2.24) is 5.32 Å². The first-order valence-corrected chi connectivity index (χ1v) is 10.1. The molecule has 0 saturated carbocycles. The van der Waals surface area contributed by atoms with Crippen molar-refractivity contribution in [2.24, 2.45) is 0 Å². The van der Waals surface area contributed by atoms with E-state index in [9.17, 15) is 4.79 Å². The van der Waals surface area contributed by atoms with E-state index >= 15 is 0 Å². The number of amides is 1. The Labute approximate surface area is 172 Å². The van der Waals surface area contributed by atoms with E-state index in [1.165, 1.54) is 0 Å². The normalized spacial score (nSPS) is 10.2. The molecule has 2 rings (SSSR count). The highest BCUT2D eigenvalue weighted by Crippen LogP contribution is 2.24. The number of hydrogen-bond acceptors (Lipinski definition) is 4. The molecule has 0 radical (unpaired) electrons. The van der Waals surface area contributed by atoms with E-state index in [1.807, 2.05) is 24.3 Å². The number of hydrogen-bond donors (Lipinski definition) is 2. The Morgan fingerprint density at radius 1 is 0.929 bits per heavy atom. The molecule has 150 valence electrons. The van der Waals surface area contributed by atoms with Crippen molar-refractivity contribution in [2.75, 3.05) is 18.5 Å². The molecule has 0 atom stereocenters. The molecule has 6 heteroatoms. The van der Waals surface area contributed by atoms with Crippen molar-refractivity contribution in [3.05, 3.63) is 54.1 Å². The molecule has 0 saturated heterocycles. The van der Waals surface area contributed by atoms with E-state index in [1.54, 1.807) is 24.3 Å². The summed E-state index contributed by atoms with van der Waals surface area (Å²) in [4.78, 5) is 12.4. The number of ether oxygens (including phenoxy) is 2. The number of anilines is 1. The number of para-hydroxylation sites is 2. The number of nitrogens with one attached hydrogen (secondary N) is 2. The molecule has 0 aliphatic heterocycles. The molecule has 0 bridgehead atoms. The zero-order valence-corrected chi connectivity index (χ0v) is 17.3. The molecule has 2 N–H and O–H groups in total. The van der Waals surface area contributed by atoms with Crippen molar-refractivity contribution < 1.29 is 14.3 Å². The summed E-state index contributed by atoms with van der Waals surface area (Å²) in [5.74, 6) is 1.19. The van der Waals surface area contributed by atoms with Crippen LogP contribution in [-0.4, -0.2) is 24.2 Å². The van der Waals surface area contributed by atoms with Crippen LogP contribution in [0.5, 0.6) is 11.5 Å². The molecule has 28 heavy (non-hydrogen) atoms. The standard InChI is InChI=1S/C22H28N2O3S/c1-3-5-15-26-18-13-11-17(12-14-18)21(25)24-22(28)23-19-9-7-8-10-20(19)27-16-6-4-2/h7-14H,3-6,15-16H2,1-2H3,(H2,23,24,25,28). The van der Waals surface area contributed by atoms with Crippen LogP contribution in [0.25, 0.3) is 0 Å². The zero-order chi connectivity index (χ0) is 20.2. The predicted octanol–water partition coefficient (Wildman–Crippen LogP) is 5.17. The average Bonchev–Trinajstić information content (AvgIpc) is 2.70. The molecular formula is C22H28N2O3S. The fourth-order valence-corrected chi connectivity index (χ4v) is 2.59. The van der Waals surface area contributed by atoms with Gasteiger partial charge in [-0.25, -0.2) is 0 Å². The topological polar surface area (TPSA) is 59.6 Å². The lowest BCUT2D eigenvalue weighted by Crippen LogP contribution is -2.34. The Hall–Kier alpha value is -2.60. The third-order valence-corrected chi connectivity index (χ3v) is 4.21. The number of unbranched alkanes of at least 4 members (excludes halogenated alkanes) is 2. The highest BCUT2D eigenvalue weighted by atomic mass is 32.1. The SMILES string of the molecule is CCCCOc1ccc(C(=O)NC(=S)Nc2ccccc2OCCCC)cc1. The molecular weight excluding hydrogens is 372 g/mol. The highest BCUT2D eigenvalue weighted by molar-refractivity contribution is 7.80. The maximum atomic E-state index is 12.4. The van der Waals surface area contributed by atoms with Crippen LogP contribution in [0.2, 0.25) is 0 Å². The van der Waals surface area contributed by atoms with Gasteiger partial charge in [-0.2, -0.15) is 0 Å². The van der Waals surface area contributed by atoms with E-state index in [0.717, 1.165) is 37.1 Å². The van der Waals surface area contributed by atoms with Crippen LogP contribution in [-0.2, 0) is 0 Å². The van der Waals surface area contributed by atoms with E-state index in [0.29, 0.717) is 24.5 Å². The summed E-state index contributed by atoms with van der Waals surface area (Å²) >= 11 is 5.28. The lowest BCUT2D eigenvalue weighted by molar-refractivity contribution is 0.0977. The van der Waals surface area contributed by atoms with Crippen LogP contribution in [0.15, 0.2) is 48.5 Å². The Morgan fingerprint density at radius 2 is 1.57 bits per heavy atom. The third kappa shape index (κ3) is 7.19. The van der Waals surface area contributed by atoms with Gasteiger partial charge in [0.1, 0.15) is 11.5 Å². The predicted molar refractivity (Wildman–Crippen MR) is 117 cm³/mol. The van der Waals surface area contributed by atoms with E-state index < -0.39 is 0 Å². The summed E-state index contributed by atoms with van der Waals surface area (Å²) < 4.78 is 11.4. The molecule has 0 aliphatic rings. The third-order valence-electron chi connectivity index (χ3n) is 4.00. The lowest BCUT2D eigenvalue weighted by Gasteiger charge is -2.14. The summed E-state index contributed by atoms with van der Waals surface area (Å²) in [7, 11) is 0. The molecule has 0 aromatic heterocycles. The largest absolute Gasteiger partial charge is 0.494 e. The Kier molecular flexibility index (Phi) is 9.28. The van der Waals surface area contributed by atoms with Gasteiger partial charge in [-0.15, -0.1) is 0 Å². The monoisotopic (exact) mass is 400 g/mol. The molecule has 2 aromatic carbocycles. The second kappa shape index (κ2) is 12.0. The molecule has 0 aliphatic carbocycles. The second-order valence-corrected chi connectivity index (χ2v) is 6.74. The molecule has 0 fully saturated rings. The van der Waals surface area contributed by atoms with Crippen LogP contribution in [0.3, 0.4) is 0 Å². The van der Waals surface area contributed by atoms with Crippen LogP contribution in [0.4, 0.5) is 5.69 Å². The van der Waals surface area contributed by atoms with Crippen LogP contribution in [0, 0.1) is 0 Å². The average molecular weight is 401 g/mol. The Bertz CT molecular complexity index is 763. The fraction of sp³-hybridized carbons (Fsp3) is 0.364. The van der Waals surface area contributed by atoms with Gasteiger partial charge in [0, 0.05) is 5.56 Å². The van der Waals surface area contributed by atoms with Crippen LogP contribution < -0.4 is 20.1 Å².